The normalized spacial score (nSPS) is 10.8. The van der Waals surface area contributed by atoms with Crippen molar-refractivity contribution in [3.05, 3.63) is 71.2 Å². The lowest BCUT2D eigenvalue weighted by atomic mass is 10.1. The molecule has 0 spiro atoms. The summed E-state index contributed by atoms with van der Waals surface area (Å²) < 4.78 is 13.1. The van der Waals surface area contributed by atoms with Gasteiger partial charge in [0.05, 0.1) is 0 Å². The molecule has 1 heterocycles. The summed E-state index contributed by atoms with van der Waals surface area (Å²) in [5.74, 6) is -0.254. The number of carbonyl (C=O) groups is 1. The zero-order valence-electron chi connectivity index (χ0n) is 14.2. The minimum absolute atomic E-state index is 0.202. The van der Waals surface area contributed by atoms with E-state index in [0.29, 0.717) is 19.5 Å². The first-order chi connectivity index (χ1) is 12.1. The molecule has 0 fully saturated rings. The molecule has 0 unspecified atom stereocenters. The van der Waals surface area contributed by atoms with Crippen molar-refractivity contribution in [2.75, 3.05) is 13.1 Å². The maximum atomic E-state index is 13.1. The molecular formula is C20H22FN3O. The summed E-state index contributed by atoms with van der Waals surface area (Å²) in [6.07, 6.45) is 3.36. The fourth-order valence-corrected chi connectivity index (χ4v) is 2.89. The summed E-state index contributed by atoms with van der Waals surface area (Å²) in [7, 11) is 0. The van der Waals surface area contributed by atoms with Crippen molar-refractivity contribution < 1.29 is 9.18 Å². The molecule has 0 aliphatic carbocycles. The summed E-state index contributed by atoms with van der Waals surface area (Å²) in [5, 5.41) is 6.85. The van der Waals surface area contributed by atoms with E-state index in [4.69, 9.17) is 0 Å². The number of fused-ring (bicyclic) bond motifs is 1. The van der Waals surface area contributed by atoms with Gasteiger partial charge in [-0.3, -0.25) is 0 Å². The number of nitrogens with one attached hydrogen (secondary N) is 3. The Morgan fingerprint density at radius 1 is 1.08 bits per heavy atom. The number of hydrogen-bond donors (Lipinski definition) is 3. The Morgan fingerprint density at radius 2 is 1.88 bits per heavy atom. The van der Waals surface area contributed by atoms with E-state index in [9.17, 15) is 9.18 Å². The third-order valence-electron chi connectivity index (χ3n) is 4.19. The third-order valence-corrected chi connectivity index (χ3v) is 4.19. The predicted octanol–water partition coefficient (Wildman–Crippen LogP) is 3.70. The van der Waals surface area contributed by atoms with Crippen molar-refractivity contribution in [1.82, 2.24) is 15.6 Å². The molecule has 0 atom stereocenters. The van der Waals surface area contributed by atoms with Crippen molar-refractivity contribution >= 4 is 16.9 Å². The zero-order valence-corrected chi connectivity index (χ0v) is 14.2. The van der Waals surface area contributed by atoms with Gasteiger partial charge in [0.25, 0.3) is 0 Å². The molecule has 130 valence electrons. The predicted molar refractivity (Wildman–Crippen MR) is 98.2 cm³/mol. The second-order valence-corrected chi connectivity index (χ2v) is 6.18. The van der Waals surface area contributed by atoms with Crippen LogP contribution in [0.15, 0.2) is 48.7 Å². The molecule has 3 rings (SSSR count). The Kier molecular flexibility index (Phi) is 5.33. The summed E-state index contributed by atoms with van der Waals surface area (Å²) in [6.45, 7) is 3.10. The van der Waals surface area contributed by atoms with Gasteiger partial charge >= 0.3 is 6.03 Å². The molecule has 5 heteroatoms. The molecule has 2 aromatic carbocycles. The van der Waals surface area contributed by atoms with E-state index in [0.717, 1.165) is 17.5 Å². The maximum Gasteiger partial charge on any atom is 0.314 e. The minimum atomic E-state index is -0.254. The number of halogens is 1. The first-order valence-electron chi connectivity index (χ1n) is 8.44. The standard InChI is InChI=1S/C20H22FN3O/c1-14-5-6-18-16(13-24-19(18)11-14)8-10-23-20(25)22-9-7-15-3-2-4-17(21)12-15/h2-6,11-13,24H,7-10H2,1H3,(H2,22,23,25). The van der Waals surface area contributed by atoms with Crippen LogP contribution in [0.3, 0.4) is 0 Å². The molecule has 3 N–H and O–H groups in total. The molecule has 0 bridgehead atoms. The smallest absolute Gasteiger partial charge is 0.314 e. The zero-order chi connectivity index (χ0) is 17.6. The Labute approximate surface area is 146 Å². The van der Waals surface area contributed by atoms with Crippen LogP contribution in [0.25, 0.3) is 10.9 Å². The highest BCUT2D eigenvalue weighted by Crippen LogP contribution is 2.19. The fourth-order valence-electron chi connectivity index (χ4n) is 2.89. The average molecular weight is 339 g/mol. The van der Waals surface area contributed by atoms with Crippen LogP contribution in [-0.4, -0.2) is 24.1 Å². The Bertz CT molecular complexity index is 872. The van der Waals surface area contributed by atoms with E-state index in [1.165, 1.54) is 28.6 Å². The SMILES string of the molecule is Cc1ccc2c(CCNC(=O)NCCc3cccc(F)c3)c[nH]c2c1. The van der Waals surface area contributed by atoms with Crippen molar-refractivity contribution in [2.24, 2.45) is 0 Å². The number of aromatic amines is 1. The summed E-state index contributed by atoms with van der Waals surface area (Å²) in [6, 6.07) is 12.5. The van der Waals surface area contributed by atoms with E-state index in [-0.39, 0.29) is 11.8 Å². The number of H-pyrrole nitrogens is 1. The van der Waals surface area contributed by atoms with Gasteiger partial charge in [-0.2, -0.15) is 0 Å². The van der Waals surface area contributed by atoms with E-state index in [1.807, 2.05) is 12.3 Å². The number of aryl methyl sites for hydroxylation is 1. The molecule has 0 saturated heterocycles. The molecule has 4 nitrogen and oxygen atoms in total. The van der Waals surface area contributed by atoms with Crippen molar-refractivity contribution in [3.63, 3.8) is 0 Å². The highest BCUT2D eigenvalue weighted by atomic mass is 19.1. The van der Waals surface area contributed by atoms with Crippen LogP contribution in [0.2, 0.25) is 0 Å². The van der Waals surface area contributed by atoms with Crippen LogP contribution in [-0.2, 0) is 12.8 Å². The van der Waals surface area contributed by atoms with Crippen molar-refractivity contribution in [3.8, 4) is 0 Å². The molecule has 0 radical (unpaired) electrons. The summed E-state index contributed by atoms with van der Waals surface area (Å²) in [4.78, 5) is 15.1. The van der Waals surface area contributed by atoms with Gasteiger partial charge in [-0.15, -0.1) is 0 Å². The first kappa shape index (κ1) is 17.0. The lowest BCUT2D eigenvalue weighted by Gasteiger charge is -2.07. The van der Waals surface area contributed by atoms with Gasteiger partial charge in [-0.1, -0.05) is 24.3 Å². The number of rotatable bonds is 6. The van der Waals surface area contributed by atoms with Gasteiger partial charge in [-0.25, -0.2) is 9.18 Å². The number of urea groups is 1. The topological polar surface area (TPSA) is 56.9 Å². The lowest BCUT2D eigenvalue weighted by molar-refractivity contribution is 0.241. The Hall–Kier alpha value is -2.82. The molecule has 0 aliphatic rings. The van der Waals surface area contributed by atoms with Crippen LogP contribution < -0.4 is 10.6 Å². The quantitative estimate of drug-likeness (QED) is 0.630. The molecule has 0 saturated carbocycles. The van der Waals surface area contributed by atoms with Gasteiger partial charge in [0.15, 0.2) is 0 Å². The molecule has 25 heavy (non-hydrogen) atoms. The monoisotopic (exact) mass is 339 g/mol. The highest BCUT2D eigenvalue weighted by Gasteiger charge is 2.05. The maximum absolute atomic E-state index is 13.1. The lowest BCUT2D eigenvalue weighted by Crippen LogP contribution is -2.37. The molecule has 0 aliphatic heterocycles. The van der Waals surface area contributed by atoms with E-state index in [2.05, 4.69) is 40.7 Å². The fraction of sp³-hybridized carbons (Fsp3) is 0.250. The second kappa shape index (κ2) is 7.83. The van der Waals surface area contributed by atoms with E-state index in [1.54, 1.807) is 6.07 Å². The summed E-state index contributed by atoms with van der Waals surface area (Å²) >= 11 is 0. The number of aromatic nitrogens is 1. The van der Waals surface area contributed by atoms with Gasteiger partial charge < -0.3 is 15.6 Å². The van der Waals surface area contributed by atoms with Gasteiger partial charge in [-0.05, 0) is 54.7 Å². The summed E-state index contributed by atoms with van der Waals surface area (Å²) in [5.41, 5.74) is 4.40. The average Bonchev–Trinajstić information content (AvgIpc) is 2.97. The van der Waals surface area contributed by atoms with Gasteiger partial charge in [0.1, 0.15) is 5.82 Å². The number of benzene rings is 2. The van der Waals surface area contributed by atoms with Crippen LogP contribution >= 0.6 is 0 Å². The van der Waals surface area contributed by atoms with E-state index < -0.39 is 0 Å². The van der Waals surface area contributed by atoms with Gasteiger partial charge in [0.2, 0.25) is 0 Å². The van der Waals surface area contributed by atoms with Crippen LogP contribution in [0.4, 0.5) is 9.18 Å². The number of hydrogen-bond acceptors (Lipinski definition) is 1. The van der Waals surface area contributed by atoms with Gasteiger partial charge in [0, 0.05) is 30.2 Å². The second-order valence-electron chi connectivity index (χ2n) is 6.18. The van der Waals surface area contributed by atoms with Crippen molar-refractivity contribution in [1.29, 1.82) is 0 Å². The van der Waals surface area contributed by atoms with Crippen molar-refractivity contribution in [2.45, 2.75) is 19.8 Å². The minimum Gasteiger partial charge on any atom is -0.361 e. The first-order valence-corrected chi connectivity index (χ1v) is 8.44. The van der Waals surface area contributed by atoms with Crippen LogP contribution in [0.5, 0.6) is 0 Å². The molecule has 2 amide bonds. The van der Waals surface area contributed by atoms with Crippen LogP contribution in [0.1, 0.15) is 16.7 Å². The molecule has 1 aromatic heterocycles. The Balaban J connectivity index is 1.41. The number of amides is 2. The van der Waals surface area contributed by atoms with Crippen LogP contribution in [0, 0.1) is 12.7 Å². The number of carbonyl (C=O) groups excluding carboxylic acids is 1. The molecule has 3 aromatic rings. The largest absolute Gasteiger partial charge is 0.361 e. The van der Waals surface area contributed by atoms with E-state index >= 15 is 0 Å². The third kappa shape index (κ3) is 4.59. The molecular weight excluding hydrogens is 317 g/mol. The highest BCUT2D eigenvalue weighted by molar-refractivity contribution is 5.83. The Morgan fingerprint density at radius 3 is 2.68 bits per heavy atom.